The van der Waals surface area contributed by atoms with Crippen LogP contribution in [0.2, 0.25) is 0 Å². The molecule has 0 saturated heterocycles. The summed E-state index contributed by atoms with van der Waals surface area (Å²) >= 11 is 0. The van der Waals surface area contributed by atoms with Gasteiger partial charge < -0.3 is 14.2 Å². The molecule has 2 aliphatic rings. The Morgan fingerprint density at radius 3 is 2.27 bits per heavy atom. The van der Waals surface area contributed by atoms with E-state index in [9.17, 15) is 9.59 Å². The van der Waals surface area contributed by atoms with Gasteiger partial charge >= 0.3 is 11.9 Å². The fourth-order valence-electron chi connectivity index (χ4n) is 2.38. The molecule has 0 N–H and O–H groups in total. The van der Waals surface area contributed by atoms with Crippen molar-refractivity contribution >= 4 is 51.8 Å². The number of esters is 2. The number of allylic oxidation sites excluding steroid dienone is 1. The van der Waals surface area contributed by atoms with Gasteiger partial charge in [-0.05, 0) is 48.4 Å². The lowest BCUT2D eigenvalue weighted by Crippen LogP contribution is -2.17. The van der Waals surface area contributed by atoms with Gasteiger partial charge in [-0.2, -0.15) is 0 Å². The first-order valence-corrected chi connectivity index (χ1v) is 11.9. The zero-order valence-electron chi connectivity index (χ0n) is 14.6. The molecule has 2 heterocycles. The molecule has 0 aromatic heterocycles. The molecule has 0 amide bonds. The molecule has 8 heteroatoms. The number of rotatable bonds is 6. The summed E-state index contributed by atoms with van der Waals surface area (Å²) in [6.45, 7) is 4.01. The van der Waals surface area contributed by atoms with E-state index in [0.29, 0.717) is 10.5 Å². The third-order valence-corrected chi connectivity index (χ3v) is 9.86. The number of methoxy groups -OCH3 is 1. The highest BCUT2D eigenvalue weighted by Crippen LogP contribution is 2.63. The Morgan fingerprint density at radius 2 is 1.65 bits per heavy atom. The summed E-state index contributed by atoms with van der Waals surface area (Å²) in [5.41, 5.74) is 1.39. The summed E-state index contributed by atoms with van der Waals surface area (Å²) in [7, 11) is 4.29. The van der Waals surface area contributed by atoms with E-state index >= 15 is 0 Å². The molecular weight excluding hydrogens is 392 g/mol. The topological polar surface area (TPSA) is 61.8 Å². The van der Waals surface area contributed by atoms with Gasteiger partial charge in [-0.15, -0.1) is 0 Å². The largest absolute Gasteiger partial charge is 0.497 e. The van der Waals surface area contributed by atoms with Crippen LogP contribution in [-0.4, -0.2) is 37.1 Å². The molecular formula is C18H18O5S3. The fourth-order valence-corrected chi connectivity index (χ4v) is 9.25. The number of benzene rings is 1. The Balaban J connectivity index is 1.93. The molecule has 1 unspecified atom stereocenters. The van der Waals surface area contributed by atoms with E-state index in [1.807, 2.05) is 30.3 Å². The van der Waals surface area contributed by atoms with Crippen LogP contribution in [0.4, 0.5) is 0 Å². The molecule has 2 aliphatic heterocycles. The molecule has 138 valence electrons. The van der Waals surface area contributed by atoms with Crippen molar-refractivity contribution in [1.29, 1.82) is 0 Å². The minimum atomic E-state index is -0.471. The number of carbonyl (C=O) groups excluding carboxylic acids is 2. The molecule has 0 radical (unpaired) electrons. The SMILES string of the molecule is CCOC(=O)C1=C(C(=O)OCC)C2=S(SC(c3ccc(OC)cc3)=C2)S1. The molecule has 1 aromatic rings. The van der Waals surface area contributed by atoms with E-state index in [1.54, 1.807) is 31.8 Å². The van der Waals surface area contributed by atoms with E-state index in [2.05, 4.69) is 0 Å². The fraction of sp³-hybridized carbons (Fsp3) is 0.278. The Morgan fingerprint density at radius 1 is 1.00 bits per heavy atom. The number of carbonyl (C=O) groups is 2. The van der Waals surface area contributed by atoms with E-state index in [-0.39, 0.29) is 21.8 Å². The summed E-state index contributed by atoms with van der Waals surface area (Å²) in [6, 6.07) is 7.76. The summed E-state index contributed by atoms with van der Waals surface area (Å²) in [5, 5.41) is 0. The Kier molecular flexibility index (Phi) is 6.16. The first kappa shape index (κ1) is 19.1. The monoisotopic (exact) mass is 410 g/mol. The first-order valence-electron chi connectivity index (χ1n) is 8.01. The maximum absolute atomic E-state index is 12.5. The van der Waals surface area contributed by atoms with Crippen LogP contribution < -0.4 is 4.74 Å². The molecule has 0 fully saturated rings. The predicted octanol–water partition coefficient (Wildman–Crippen LogP) is 4.18. The van der Waals surface area contributed by atoms with Crippen LogP contribution in [0.15, 0.2) is 40.8 Å². The van der Waals surface area contributed by atoms with Gasteiger partial charge in [0, 0.05) is 9.77 Å². The third kappa shape index (κ3) is 3.72. The lowest BCUT2D eigenvalue weighted by atomic mass is 10.1. The van der Waals surface area contributed by atoms with E-state index in [4.69, 9.17) is 14.2 Å². The highest BCUT2D eigenvalue weighted by Gasteiger charge is 2.37. The van der Waals surface area contributed by atoms with Crippen molar-refractivity contribution in [3.63, 3.8) is 0 Å². The molecule has 5 nitrogen and oxygen atoms in total. The average Bonchev–Trinajstić information content (AvgIpc) is 3.20. The zero-order chi connectivity index (χ0) is 18.7. The smallest absolute Gasteiger partial charge is 0.346 e. The molecule has 3 rings (SSSR count). The summed E-state index contributed by atoms with van der Waals surface area (Å²) in [4.78, 5) is 27.0. The summed E-state index contributed by atoms with van der Waals surface area (Å²) in [6.07, 6.45) is 1.97. The van der Waals surface area contributed by atoms with E-state index in [0.717, 1.165) is 21.1 Å². The van der Waals surface area contributed by atoms with Crippen LogP contribution >= 0.6 is 30.1 Å². The molecule has 0 saturated carbocycles. The van der Waals surface area contributed by atoms with Crippen LogP contribution in [0.25, 0.3) is 4.91 Å². The van der Waals surface area contributed by atoms with Gasteiger partial charge in [-0.1, -0.05) is 31.5 Å². The predicted molar refractivity (Wildman–Crippen MR) is 109 cm³/mol. The van der Waals surface area contributed by atoms with Crippen LogP contribution in [0, 0.1) is 0 Å². The van der Waals surface area contributed by atoms with E-state index in [1.165, 1.54) is 10.8 Å². The van der Waals surface area contributed by atoms with E-state index < -0.39 is 11.9 Å². The van der Waals surface area contributed by atoms with Crippen molar-refractivity contribution < 1.29 is 23.8 Å². The minimum absolute atomic E-state index is 0.256. The highest BCUT2D eigenvalue weighted by molar-refractivity contribution is 9.18. The third-order valence-electron chi connectivity index (χ3n) is 3.55. The first-order chi connectivity index (χ1) is 12.6. The van der Waals surface area contributed by atoms with Crippen molar-refractivity contribution in [2.24, 2.45) is 0 Å². The Hall–Kier alpha value is -1.64. The zero-order valence-corrected chi connectivity index (χ0v) is 17.0. The molecule has 0 spiro atoms. The molecule has 0 aliphatic carbocycles. The molecule has 0 bridgehead atoms. The maximum atomic E-state index is 12.5. The molecule has 1 aromatic carbocycles. The lowest BCUT2D eigenvalue weighted by Gasteiger charge is -2.09. The second-order valence-corrected chi connectivity index (χ2v) is 10.9. The standard InChI is InChI=1S/C18H18O5S3/c1-4-22-17(19)15-14-10-13(11-6-8-12(21-3)9-7-11)24-26(14)25-16(15)18(20)23-5-2/h6-10H,4-5H2,1-3H3. The van der Waals surface area contributed by atoms with Crippen LogP contribution in [0.5, 0.6) is 5.75 Å². The van der Waals surface area contributed by atoms with Crippen molar-refractivity contribution in [2.45, 2.75) is 13.8 Å². The quantitative estimate of drug-likeness (QED) is 0.396. The van der Waals surface area contributed by atoms with Crippen LogP contribution in [0.3, 0.4) is 0 Å². The van der Waals surface area contributed by atoms with Crippen LogP contribution in [-0.2, 0) is 19.1 Å². The van der Waals surface area contributed by atoms with Crippen molar-refractivity contribution in [2.75, 3.05) is 20.3 Å². The average molecular weight is 411 g/mol. The van der Waals surface area contributed by atoms with Gasteiger partial charge in [0.15, 0.2) is 0 Å². The maximum Gasteiger partial charge on any atom is 0.346 e. The highest BCUT2D eigenvalue weighted by atomic mass is 33.5. The van der Waals surface area contributed by atoms with Crippen molar-refractivity contribution in [3.8, 4) is 5.75 Å². The van der Waals surface area contributed by atoms with Gasteiger partial charge in [0.2, 0.25) is 0 Å². The van der Waals surface area contributed by atoms with Gasteiger partial charge in [-0.3, -0.25) is 0 Å². The summed E-state index contributed by atoms with van der Waals surface area (Å²) < 4.78 is 15.5. The molecule has 26 heavy (non-hydrogen) atoms. The number of hydrogen-bond donors (Lipinski definition) is 0. The Labute approximate surface area is 161 Å². The van der Waals surface area contributed by atoms with Gasteiger partial charge in [0.25, 0.3) is 0 Å². The van der Waals surface area contributed by atoms with Crippen LogP contribution in [0.1, 0.15) is 19.4 Å². The minimum Gasteiger partial charge on any atom is -0.497 e. The van der Waals surface area contributed by atoms with Gasteiger partial charge in [0.05, 0.1) is 25.9 Å². The van der Waals surface area contributed by atoms with Crippen molar-refractivity contribution in [1.82, 2.24) is 0 Å². The van der Waals surface area contributed by atoms with Gasteiger partial charge in [-0.25, -0.2) is 9.59 Å². The van der Waals surface area contributed by atoms with Gasteiger partial charge in [0.1, 0.15) is 10.7 Å². The lowest BCUT2D eigenvalue weighted by molar-refractivity contribution is -0.140. The van der Waals surface area contributed by atoms with Crippen molar-refractivity contribution in [3.05, 3.63) is 46.4 Å². The molecule has 1 atom stereocenters. The number of ether oxygens (including phenoxy) is 3. The second-order valence-electron chi connectivity index (χ2n) is 5.15. The number of hydrogen-bond acceptors (Lipinski definition) is 7. The normalized spacial score (nSPS) is 18.5. The second kappa shape index (κ2) is 8.37. The Bertz CT molecular complexity index is 837. The summed E-state index contributed by atoms with van der Waals surface area (Å²) in [5.74, 6) is -0.144.